The van der Waals surface area contributed by atoms with Crippen LogP contribution in [0, 0.1) is 17.8 Å². The summed E-state index contributed by atoms with van der Waals surface area (Å²) in [5.41, 5.74) is 3.05. The average Bonchev–Trinajstić information content (AvgIpc) is 3.30. The van der Waals surface area contributed by atoms with Gasteiger partial charge in [-0.3, -0.25) is 4.79 Å². The monoisotopic (exact) mass is 918 g/mol. The lowest BCUT2D eigenvalue weighted by atomic mass is 9.56. The molecule has 0 bridgehead atoms. The molecule has 3 aliphatic rings. The molecular weight excluding hydrogens is 835 g/mol. The number of fused-ring (bicyclic) bond motifs is 2. The summed E-state index contributed by atoms with van der Waals surface area (Å²) in [6.45, 7) is 13.1. The van der Waals surface area contributed by atoms with Crippen molar-refractivity contribution < 1.29 is 38.8 Å². The molecule has 2 aliphatic carbocycles. The predicted molar refractivity (Wildman–Crippen MR) is 267 cm³/mol. The molecule has 0 aromatic heterocycles. The van der Waals surface area contributed by atoms with Crippen LogP contribution in [0.5, 0.6) is 23.0 Å². The second-order valence-electron chi connectivity index (χ2n) is 19.5. The molecule has 2 aromatic carbocycles. The van der Waals surface area contributed by atoms with Crippen molar-refractivity contribution in [3.8, 4) is 23.0 Å². The Morgan fingerprint density at radius 1 is 0.846 bits per heavy atom. The highest BCUT2D eigenvalue weighted by molar-refractivity contribution is 8.00. The van der Waals surface area contributed by atoms with Gasteiger partial charge < -0.3 is 34.0 Å². The normalized spacial score (nSPS) is 23.0. The number of aliphatic hydroxyl groups is 2. The van der Waals surface area contributed by atoms with Gasteiger partial charge in [-0.15, -0.1) is 6.58 Å². The van der Waals surface area contributed by atoms with Crippen LogP contribution in [0.2, 0.25) is 0 Å². The summed E-state index contributed by atoms with van der Waals surface area (Å²) in [6, 6.07) is 11.3. The number of oxime groups is 1. The van der Waals surface area contributed by atoms with Gasteiger partial charge in [-0.05, 0) is 112 Å². The Bertz CT molecular complexity index is 1810. The minimum absolute atomic E-state index is 0.0457. The van der Waals surface area contributed by atoms with Gasteiger partial charge in [-0.25, -0.2) is 0 Å². The molecule has 0 unspecified atom stereocenters. The molecule has 9 nitrogen and oxygen atoms in total. The third-order valence-electron chi connectivity index (χ3n) is 13.4. The number of carbonyl (C=O) groups excluding carboxylic acids is 1. The van der Waals surface area contributed by atoms with E-state index in [1.165, 1.54) is 83.5 Å². The number of hydrogen-bond acceptors (Lipinski definition) is 10. The van der Waals surface area contributed by atoms with E-state index in [4.69, 9.17) is 28.9 Å². The van der Waals surface area contributed by atoms with E-state index in [-0.39, 0.29) is 42.1 Å². The first-order valence-electron chi connectivity index (χ1n) is 25.3. The maximum atomic E-state index is 11.9. The molecule has 1 saturated carbocycles. The molecule has 1 heterocycles. The highest BCUT2D eigenvalue weighted by Gasteiger charge is 2.64. The van der Waals surface area contributed by atoms with Crippen LogP contribution in [-0.4, -0.2) is 71.5 Å². The Labute approximate surface area is 396 Å². The standard InChI is InChI=1S/C55H83NO8S/c1-7-9-10-11-12-13-14-15-16-17-18-19-20-25-35-65-51-39-48(56-64-54(3,4)5)46-37-41(26-21-23-32-57)45(27-22-24-33-58)52-47-38-44(62-43-28-30-49(60-6)42(36-43)40-59)29-31-50(47)63-55(51,53(46)52)61-34-8-2/h8,28-31,36-38,40-41,45,51-53,57-58H,2,7,9-27,32-35,39H2,1,3-6H3/t41-,45+,51-,52+,53+,55+/m0/s1. The highest BCUT2D eigenvalue weighted by Crippen LogP contribution is 2.63. The predicted octanol–water partition coefficient (Wildman–Crippen LogP) is 13.9. The van der Waals surface area contributed by atoms with E-state index in [2.05, 4.69) is 25.6 Å². The molecule has 2 N–H and O–H groups in total. The van der Waals surface area contributed by atoms with E-state index in [0.717, 1.165) is 79.6 Å². The van der Waals surface area contributed by atoms with Crippen LogP contribution in [0.15, 0.2) is 65.9 Å². The number of thioether (sulfide) groups is 1. The second kappa shape index (κ2) is 27.5. The third kappa shape index (κ3) is 15.1. The molecule has 0 spiro atoms. The van der Waals surface area contributed by atoms with Crippen LogP contribution in [0.25, 0.3) is 0 Å². The first kappa shape index (κ1) is 52.7. The van der Waals surface area contributed by atoms with Gasteiger partial charge in [0.05, 0.1) is 36.2 Å². The van der Waals surface area contributed by atoms with Crippen LogP contribution in [0.3, 0.4) is 0 Å². The lowest BCUT2D eigenvalue weighted by Crippen LogP contribution is -2.64. The molecule has 0 saturated heterocycles. The fraction of sp³-hybridized carbons (Fsp3) is 0.673. The quantitative estimate of drug-likeness (QED) is 0.0320. The fourth-order valence-electron chi connectivity index (χ4n) is 10.3. The number of allylic oxidation sites excluding steroid dienone is 1. The molecule has 65 heavy (non-hydrogen) atoms. The van der Waals surface area contributed by atoms with Gasteiger partial charge in [0.15, 0.2) is 6.29 Å². The van der Waals surface area contributed by atoms with Gasteiger partial charge in [-0.1, -0.05) is 121 Å². The van der Waals surface area contributed by atoms with E-state index in [9.17, 15) is 15.0 Å². The Hall–Kier alpha value is -3.31. The molecule has 0 amide bonds. The number of nitrogens with zero attached hydrogens (tertiary/aromatic N) is 1. The van der Waals surface area contributed by atoms with Crippen LogP contribution in [0.4, 0.5) is 0 Å². The molecule has 1 aliphatic heterocycles. The van der Waals surface area contributed by atoms with Crippen molar-refractivity contribution in [1.82, 2.24) is 0 Å². The maximum Gasteiger partial charge on any atom is 0.230 e. The number of carbonyl (C=O) groups is 1. The summed E-state index contributed by atoms with van der Waals surface area (Å²) in [6.07, 6.45) is 29.3. The molecule has 5 rings (SSSR count). The molecule has 2 aromatic rings. The smallest absolute Gasteiger partial charge is 0.230 e. The fourth-order valence-corrected chi connectivity index (χ4v) is 11.7. The number of hydrogen-bond donors (Lipinski definition) is 2. The molecule has 1 fully saturated rings. The van der Waals surface area contributed by atoms with Gasteiger partial charge in [-0.2, -0.15) is 11.8 Å². The van der Waals surface area contributed by atoms with Crippen LogP contribution >= 0.6 is 11.8 Å². The number of methoxy groups -OCH3 is 1. The Morgan fingerprint density at radius 3 is 2.09 bits per heavy atom. The largest absolute Gasteiger partial charge is 0.496 e. The minimum Gasteiger partial charge on any atom is -0.496 e. The zero-order valence-electron chi connectivity index (χ0n) is 40.7. The second-order valence-corrected chi connectivity index (χ2v) is 20.9. The molecule has 10 heteroatoms. The summed E-state index contributed by atoms with van der Waals surface area (Å²) in [4.78, 5) is 18.2. The van der Waals surface area contributed by atoms with Crippen molar-refractivity contribution in [2.75, 3.05) is 32.7 Å². The number of benzene rings is 2. The molecule has 0 radical (unpaired) electrons. The Balaban J connectivity index is 1.46. The van der Waals surface area contributed by atoms with Crippen LogP contribution in [0.1, 0.15) is 184 Å². The van der Waals surface area contributed by atoms with Crippen molar-refractivity contribution in [2.24, 2.45) is 22.9 Å². The van der Waals surface area contributed by atoms with Gasteiger partial charge in [0.1, 0.15) is 28.6 Å². The van der Waals surface area contributed by atoms with Gasteiger partial charge in [0, 0.05) is 31.1 Å². The molecular formula is C55H83NO8S. The lowest BCUT2D eigenvalue weighted by molar-refractivity contribution is -0.223. The summed E-state index contributed by atoms with van der Waals surface area (Å²) < 4.78 is 26.4. The van der Waals surface area contributed by atoms with E-state index in [1.54, 1.807) is 19.2 Å². The van der Waals surface area contributed by atoms with E-state index >= 15 is 0 Å². The summed E-state index contributed by atoms with van der Waals surface area (Å²) >= 11 is 1.95. The third-order valence-corrected chi connectivity index (χ3v) is 14.9. The topological polar surface area (TPSA) is 116 Å². The van der Waals surface area contributed by atoms with Gasteiger partial charge >= 0.3 is 0 Å². The minimum atomic E-state index is -1.01. The number of ether oxygens (including phenoxy) is 4. The van der Waals surface area contributed by atoms with Crippen molar-refractivity contribution in [2.45, 2.75) is 185 Å². The van der Waals surface area contributed by atoms with E-state index in [1.807, 2.05) is 56.8 Å². The van der Waals surface area contributed by atoms with Crippen LogP contribution < -0.4 is 14.2 Å². The van der Waals surface area contributed by atoms with Crippen LogP contribution in [-0.2, 0) is 9.57 Å². The van der Waals surface area contributed by atoms with Crippen molar-refractivity contribution in [3.63, 3.8) is 0 Å². The average molecular weight is 918 g/mol. The lowest BCUT2D eigenvalue weighted by Gasteiger charge is -2.58. The summed E-state index contributed by atoms with van der Waals surface area (Å²) in [5.74, 6) is 2.52. The number of rotatable bonds is 32. The van der Waals surface area contributed by atoms with E-state index in [0.29, 0.717) is 35.8 Å². The maximum absolute atomic E-state index is 11.9. The summed E-state index contributed by atoms with van der Waals surface area (Å²) in [7, 11) is 1.55. The Morgan fingerprint density at radius 2 is 1.48 bits per heavy atom. The van der Waals surface area contributed by atoms with E-state index < -0.39 is 11.4 Å². The first-order valence-corrected chi connectivity index (χ1v) is 26.4. The van der Waals surface area contributed by atoms with Crippen molar-refractivity contribution >= 4 is 23.8 Å². The molecule has 362 valence electrons. The SMILES string of the molecule is C=CCO[C@@]12Oc3ccc(Oc4ccc(OC)c(C=O)c4)cc3[C@H]3[C@H](CCCCO)[C@@H](CCCCO)C=C(C(=NOC(C)(C)C)C[C@@H]1SCCCCCCCCCCCCCCCC)[C@H]32. The first-order chi connectivity index (χ1) is 31.6. The number of unbranched alkanes of at least 4 members (excludes halogenated alkanes) is 15. The summed E-state index contributed by atoms with van der Waals surface area (Å²) in [5, 5.41) is 24.8. The highest BCUT2D eigenvalue weighted by atomic mass is 32.2. The Kier molecular flexibility index (Phi) is 22.3. The number of aldehydes is 1. The van der Waals surface area contributed by atoms with Gasteiger partial charge in [0.2, 0.25) is 5.79 Å². The zero-order valence-corrected chi connectivity index (χ0v) is 41.5. The van der Waals surface area contributed by atoms with Crippen molar-refractivity contribution in [1.29, 1.82) is 0 Å². The van der Waals surface area contributed by atoms with Crippen molar-refractivity contribution in [3.05, 3.63) is 71.8 Å². The zero-order chi connectivity index (χ0) is 46.5. The number of aliphatic hydroxyl groups excluding tert-OH is 2. The molecule has 6 atom stereocenters. The van der Waals surface area contributed by atoms with Gasteiger partial charge in [0.25, 0.3) is 0 Å².